The highest BCUT2D eigenvalue weighted by Gasteiger charge is 2.13. The van der Waals surface area contributed by atoms with Crippen molar-refractivity contribution in [1.29, 1.82) is 0 Å². The van der Waals surface area contributed by atoms with Crippen molar-refractivity contribution in [2.75, 3.05) is 0 Å². The Morgan fingerprint density at radius 3 is 2.75 bits per heavy atom. The molecule has 0 aliphatic heterocycles. The summed E-state index contributed by atoms with van der Waals surface area (Å²) in [4.78, 5) is 2.94. The van der Waals surface area contributed by atoms with Crippen molar-refractivity contribution in [2.24, 2.45) is 7.05 Å². The summed E-state index contributed by atoms with van der Waals surface area (Å²) < 4.78 is 18.1. The van der Waals surface area contributed by atoms with E-state index in [1.165, 1.54) is 6.07 Å². The molecule has 1 aromatic carbocycles. The maximum absolute atomic E-state index is 13.8. The van der Waals surface area contributed by atoms with Gasteiger partial charge in [0.05, 0.1) is 17.8 Å². The number of para-hydroxylation sites is 1. The number of aryl methyl sites for hydroxylation is 2. The summed E-state index contributed by atoms with van der Waals surface area (Å²) in [6.07, 6.45) is 0. The van der Waals surface area contributed by atoms with Gasteiger partial charge in [-0.15, -0.1) is 0 Å². The lowest BCUT2D eigenvalue weighted by atomic mass is 10.2. The number of halogens is 1. The van der Waals surface area contributed by atoms with Crippen LogP contribution in [0.3, 0.4) is 0 Å². The SMILES string of the molecule is Cc1nn(C)c(C)c1Cn1c(=S)[nH]c2c(F)cccc21. The fraction of sp³-hybridized carbons (Fsp3) is 0.286. The van der Waals surface area contributed by atoms with Gasteiger partial charge in [-0.05, 0) is 38.2 Å². The molecule has 4 nitrogen and oxygen atoms in total. The molecule has 0 aliphatic carbocycles. The molecule has 2 aromatic heterocycles. The van der Waals surface area contributed by atoms with Crippen LogP contribution in [0, 0.1) is 24.4 Å². The van der Waals surface area contributed by atoms with E-state index < -0.39 is 0 Å². The van der Waals surface area contributed by atoms with Gasteiger partial charge in [-0.25, -0.2) is 4.39 Å². The van der Waals surface area contributed by atoms with Gasteiger partial charge in [-0.3, -0.25) is 4.68 Å². The van der Waals surface area contributed by atoms with Crippen LogP contribution in [0.5, 0.6) is 0 Å². The molecule has 3 rings (SSSR count). The van der Waals surface area contributed by atoms with E-state index in [1.807, 2.05) is 36.2 Å². The fourth-order valence-corrected chi connectivity index (χ4v) is 2.77. The Morgan fingerprint density at radius 1 is 1.35 bits per heavy atom. The van der Waals surface area contributed by atoms with Crippen LogP contribution >= 0.6 is 12.2 Å². The van der Waals surface area contributed by atoms with E-state index in [0.717, 1.165) is 22.5 Å². The lowest BCUT2D eigenvalue weighted by Crippen LogP contribution is -2.02. The van der Waals surface area contributed by atoms with Crippen LogP contribution in [0.4, 0.5) is 4.39 Å². The fourth-order valence-electron chi connectivity index (χ4n) is 2.51. The first-order valence-electron chi connectivity index (χ1n) is 6.35. The predicted molar refractivity (Wildman–Crippen MR) is 78.9 cm³/mol. The average Bonchev–Trinajstić information content (AvgIpc) is 2.84. The molecule has 6 heteroatoms. The summed E-state index contributed by atoms with van der Waals surface area (Å²) in [5.41, 5.74) is 4.41. The Balaban J connectivity index is 2.18. The third kappa shape index (κ3) is 1.87. The topological polar surface area (TPSA) is 38.5 Å². The standard InChI is InChI=1S/C14H15FN4S/c1-8-10(9(2)18(3)17-8)7-19-12-6-4-5-11(15)13(12)16-14(19)20/h4-6H,7H2,1-3H3,(H,16,20). The first-order valence-corrected chi connectivity index (χ1v) is 6.76. The van der Waals surface area contributed by atoms with Gasteiger partial charge in [0.25, 0.3) is 0 Å². The van der Waals surface area contributed by atoms with Crippen molar-refractivity contribution in [3.8, 4) is 0 Å². The van der Waals surface area contributed by atoms with Crippen LogP contribution in [0.1, 0.15) is 17.0 Å². The summed E-state index contributed by atoms with van der Waals surface area (Å²) in [5, 5.41) is 4.40. The van der Waals surface area contributed by atoms with Gasteiger partial charge in [0.15, 0.2) is 4.77 Å². The summed E-state index contributed by atoms with van der Waals surface area (Å²) in [5.74, 6) is -0.285. The Kier molecular flexibility index (Phi) is 2.97. The van der Waals surface area contributed by atoms with Crippen LogP contribution in [0.25, 0.3) is 11.0 Å². The van der Waals surface area contributed by atoms with Gasteiger partial charge in [0, 0.05) is 18.3 Å². The largest absolute Gasteiger partial charge is 0.328 e. The number of hydrogen-bond acceptors (Lipinski definition) is 2. The van der Waals surface area contributed by atoms with Crippen molar-refractivity contribution in [1.82, 2.24) is 19.3 Å². The monoisotopic (exact) mass is 290 g/mol. The van der Waals surface area contributed by atoms with Gasteiger partial charge < -0.3 is 9.55 Å². The first-order chi connectivity index (χ1) is 9.49. The number of nitrogens with zero attached hydrogens (tertiary/aromatic N) is 3. The molecule has 104 valence electrons. The number of H-pyrrole nitrogens is 1. The number of fused-ring (bicyclic) bond motifs is 1. The number of hydrogen-bond donors (Lipinski definition) is 1. The average molecular weight is 290 g/mol. The lowest BCUT2D eigenvalue weighted by molar-refractivity contribution is 0.637. The molecular weight excluding hydrogens is 275 g/mol. The number of aromatic nitrogens is 4. The molecule has 0 spiro atoms. The molecule has 1 N–H and O–H groups in total. The molecular formula is C14H15FN4S. The number of benzene rings is 1. The van der Waals surface area contributed by atoms with Crippen molar-refractivity contribution in [2.45, 2.75) is 20.4 Å². The molecule has 0 saturated carbocycles. The van der Waals surface area contributed by atoms with Crippen molar-refractivity contribution in [3.63, 3.8) is 0 Å². The predicted octanol–water partition coefficient (Wildman–Crippen LogP) is 3.24. The van der Waals surface area contributed by atoms with Crippen LogP contribution < -0.4 is 0 Å². The number of rotatable bonds is 2. The summed E-state index contributed by atoms with van der Waals surface area (Å²) >= 11 is 5.32. The van der Waals surface area contributed by atoms with Crippen molar-refractivity contribution >= 4 is 23.3 Å². The number of imidazole rings is 1. The van der Waals surface area contributed by atoms with E-state index in [1.54, 1.807) is 6.07 Å². The van der Waals surface area contributed by atoms with E-state index in [0.29, 0.717) is 16.8 Å². The minimum absolute atomic E-state index is 0.285. The highest BCUT2D eigenvalue weighted by Crippen LogP contribution is 2.21. The van der Waals surface area contributed by atoms with Crippen molar-refractivity contribution in [3.05, 3.63) is 45.7 Å². The second-order valence-electron chi connectivity index (χ2n) is 4.92. The van der Waals surface area contributed by atoms with Gasteiger partial charge in [-0.1, -0.05) is 6.07 Å². The molecule has 20 heavy (non-hydrogen) atoms. The minimum Gasteiger partial charge on any atom is -0.328 e. The van der Waals surface area contributed by atoms with Crippen molar-refractivity contribution < 1.29 is 4.39 Å². The smallest absolute Gasteiger partial charge is 0.178 e. The Hall–Kier alpha value is -1.95. The van der Waals surface area contributed by atoms with Gasteiger partial charge >= 0.3 is 0 Å². The number of aromatic amines is 1. The van der Waals surface area contributed by atoms with E-state index in [9.17, 15) is 4.39 Å². The molecule has 0 saturated heterocycles. The zero-order valence-corrected chi connectivity index (χ0v) is 12.4. The molecule has 0 atom stereocenters. The van der Waals surface area contributed by atoms with Gasteiger partial charge in [0.2, 0.25) is 0 Å². The van der Waals surface area contributed by atoms with Crippen LogP contribution in [-0.4, -0.2) is 19.3 Å². The first kappa shape index (κ1) is 13.1. The summed E-state index contributed by atoms with van der Waals surface area (Å²) in [6.45, 7) is 4.59. The molecule has 0 amide bonds. The second-order valence-corrected chi connectivity index (χ2v) is 5.31. The molecule has 0 aliphatic rings. The minimum atomic E-state index is -0.285. The highest BCUT2D eigenvalue weighted by molar-refractivity contribution is 7.71. The zero-order chi connectivity index (χ0) is 14.4. The Bertz CT molecular complexity index is 856. The molecule has 0 radical (unpaired) electrons. The normalized spacial score (nSPS) is 11.4. The Labute approximate surface area is 120 Å². The van der Waals surface area contributed by atoms with E-state index >= 15 is 0 Å². The quantitative estimate of drug-likeness (QED) is 0.736. The van der Waals surface area contributed by atoms with E-state index in [-0.39, 0.29) is 5.82 Å². The highest BCUT2D eigenvalue weighted by atomic mass is 32.1. The van der Waals surface area contributed by atoms with Crippen LogP contribution in [0.15, 0.2) is 18.2 Å². The zero-order valence-electron chi connectivity index (χ0n) is 11.6. The third-order valence-corrected chi connectivity index (χ3v) is 4.06. The van der Waals surface area contributed by atoms with E-state index in [2.05, 4.69) is 10.1 Å². The maximum Gasteiger partial charge on any atom is 0.178 e. The van der Waals surface area contributed by atoms with Crippen LogP contribution in [0.2, 0.25) is 0 Å². The molecule has 3 aromatic rings. The molecule has 2 heterocycles. The third-order valence-electron chi connectivity index (χ3n) is 3.73. The van der Waals surface area contributed by atoms with Gasteiger partial charge in [0.1, 0.15) is 11.3 Å². The Morgan fingerprint density at radius 2 is 2.10 bits per heavy atom. The molecule has 0 bridgehead atoms. The van der Waals surface area contributed by atoms with Gasteiger partial charge in [-0.2, -0.15) is 5.10 Å². The molecule has 0 unspecified atom stereocenters. The lowest BCUT2D eigenvalue weighted by Gasteiger charge is -2.05. The van der Waals surface area contributed by atoms with Crippen LogP contribution in [-0.2, 0) is 13.6 Å². The maximum atomic E-state index is 13.8. The molecule has 0 fully saturated rings. The number of nitrogens with one attached hydrogen (secondary N) is 1. The second kappa shape index (κ2) is 4.56. The summed E-state index contributed by atoms with van der Waals surface area (Å²) in [6, 6.07) is 4.99. The summed E-state index contributed by atoms with van der Waals surface area (Å²) in [7, 11) is 1.92. The van der Waals surface area contributed by atoms with E-state index in [4.69, 9.17) is 12.2 Å².